The predicted molar refractivity (Wildman–Crippen MR) is 64.5 cm³/mol. The molecular weight excluding hydrogens is 218 g/mol. The molecule has 2 rings (SSSR count). The lowest BCUT2D eigenvalue weighted by atomic mass is 10.1. The Morgan fingerprint density at radius 3 is 2.76 bits per heavy atom. The van der Waals surface area contributed by atoms with Crippen molar-refractivity contribution in [2.75, 3.05) is 26.0 Å². The Morgan fingerprint density at radius 1 is 1.53 bits per heavy atom. The van der Waals surface area contributed by atoms with E-state index in [9.17, 15) is 4.79 Å². The maximum Gasteiger partial charge on any atom is 0.225 e. The van der Waals surface area contributed by atoms with Crippen molar-refractivity contribution in [3.05, 3.63) is 18.0 Å². The van der Waals surface area contributed by atoms with Crippen LogP contribution in [-0.2, 0) is 4.79 Å². The molecule has 1 aromatic rings. The highest BCUT2D eigenvalue weighted by Crippen LogP contribution is 2.29. The van der Waals surface area contributed by atoms with Gasteiger partial charge in [0.1, 0.15) is 0 Å². The van der Waals surface area contributed by atoms with E-state index in [1.807, 2.05) is 25.1 Å². The second-order valence-corrected chi connectivity index (χ2v) is 4.49. The van der Waals surface area contributed by atoms with Crippen LogP contribution in [0, 0.1) is 0 Å². The van der Waals surface area contributed by atoms with Crippen LogP contribution in [0.15, 0.2) is 12.3 Å². The largest absolute Gasteiger partial charge is 0.347 e. The zero-order valence-corrected chi connectivity index (χ0v) is 10.3. The number of anilines is 1. The molecule has 1 aromatic heterocycles. The van der Waals surface area contributed by atoms with Crippen molar-refractivity contribution in [3.63, 3.8) is 0 Å². The van der Waals surface area contributed by atoms with Crippen LogP contribution in [0.4, 0.5) is 5.95 Å². The normalized spacial score (nSPS) is 24.2. The summed E-state index contributed by atoms with van der Waals surface area (Å²) < 4.78 is 0. The number of carbonyl (C=O) groups excluding carboxylic acids is 1. The summed E-state index contributed by atoms with van der Waals surface area (Å²) >= 11 is 0. The molecule has 2 heterocycles. The Labute approximate surface area is 100 Å². The fourth-order valence-electron chi connectivity index (χ4n) is 2.06. The van der Waals surface area contributed by atoms with Gasteiger partial charge in [0, 0.05) is 39.8 Å². The van der Waals surface area contributed by atoms with Crippen molar-refractivity contribution in [2.45, 2.75) is 18.5 Å². The monoisotopic (exact) mass is 235 g/mol. The fourth-order valence-corrected chi connectivity index (χ4v) is 2.06. The van der Waals surface area contributed by atoms with Crippen LogP contribution < -0.4 is 10.6 Å². The van der Waals surface area contributed by atoms with Gasteiger partial charge in [-0.15, -0.1) is 0 Å². The molecule has 6 nitrogen and oxygen atoms in total. The van der Waals surface area contributed by atoms with Crippen LogP contribution in [0.3, 0.4) is 0 Å². The highest BCUT2D eigenvalue weighted by molar-refractivity contribution is 5.79. The molecule has 0 bridgehead atoms. The van der Waals surface area contributed by atoms with E-state index in [2.05, 4.69) is 9.97 Å². The minimum Gasteiger partial charge on any atom is -0.347 e. The number of likely N-dealkylation sites (tertiary alicyclic amines) is 1. The summed E-state index contributed by atoms with van der Waals surface area (Å²) in [6, 6.07) is 1.47. The minimum atomic E-state index is -0.197. The summed E-state index contributed by atoms with van der Waals surface area (Å²) in [5, 5.41) is 0. The third-order valence-corrected chi connectivity index (χ3v) is 2.99. The van der Waals surface area contributed by atoms with Crippen molar-refractivity contribution < 1.29 is 4.79 Å². The molecule has 1 amide bonds. The number of aromatic nitrogens is 2. The molecule has 92 valence electrons. The minimum absolute atomic E-state index is 0.0625. The molecule has 0 aromatic carbocycles. The smallest absolute Gasteiger partial charge is 0.225 e. The molecule has 2 atom stereocenters. The van der Waals surface area contributed by atoms with Gasteiger partial charge in [-0.3, -0.25) is 4.79 Å². The maximum absolute atomic E-state index is 11.6. The summed E-state index contributed by atoms with van der Waals surface area (Å²) in [5.74, 6) is 0.690. The molecule has 1 fully saturated rings. The second kappa shape index (κ2) is 4.29. The number of carbonyl (C=O) groups is 1. The molecule has 0 spiro atoms. The van der Waals surface area contributed by atoms with Crippen molar-refractivity contribution in [1.82, 2.24) is 14.9 Å². The topological polar surface area (TPSA) is 75.4 Å². The summed E-state index contributed by atoms with van der Waals surface area (Å²) in [6.07, 6.45) is 2.07. The van der Waals surface area contributed by atoms with Crippen LogP contribution >= 0.6 is 0 Å². The maximum atomic E-state index is 11.6. The molecular formula is C11H17N5O. The van der Waals surface area contributed by atoms with Gasteiger partial charge in [-0.1, -0.05) is 0 Å². The molecule has 0 radical (unpaired) electrons. The van der Waals surface area contributed by atoms with E-state index in [4.69, 9.17) is 5.73 Å². The Balaban J connectivity index is 2.33. The molecule has 1 aliphatic heterocycles. The quantitative estimate of drug-likeness (QED) is 0.766. The SMILES string of the molecule is CN(C)c1nccc(C2C(N)CC(=O)N2C)n1. The summed E-state index contributed by atoms with van der Waals surface area (Å²) in [4.78, 5) is 23.6. The number of amides is 1. The summed E-state index contributed by atoms with van der Waals surface area (Å²) in [5.41, 5.74) is 6.78. The van der Waals surface area contributed by atoms with Gasteiger partial charge in [-0.2, -0.15) is 0 Å². The van der Waals surface area contributed by atoms with Gasteiger partial charge in [0.15, 0.2) is 0 Å². The molecule has 2 N–H and O–H groups in total. The Kier molecular flexibility index (Phi) is 2.97. The van der Waals surface area contributed by atoms with Crippen molar-refractivity contribution in [1.29, 1.82) is 0 Å². The summed E-state index contributed by atoms with van der Waals surface area (Å²) in [7, 11) is 5.52. The van der Waals surface area contributed by atoms with Crippen molar-refractivity contribution in [2.24, 2.45) is 5.73 Å². The third-order valence-electron chi connectivity index (χ3n) is 2.99. The van der Waals surface area contributed by atoms with Gasteiger partial charge in [0.25, 0.3) is 0 Å². The van der Waals surface area contributed by atoms with Gasteiger partial charge in [0.05, 0.1) is 11.7 Å². The summed E-state index contributed by atoms with van der Waals surface area (Å²) in [6.45, 7) is 0. The van der Waals surface area contributed by atoms with Gasteiger partial charge in [-0.05, 0) is 6.07 Å². The lowest BCUT2D eigenvalue weighted by molar-refractivity contribution is -0.127. The first-order valence-electron chi connectivity index (χ1n) is 5.52. The van der Waals surface area contributed by atoms with E-state index in [-0.39, 0.29) is 18.0 Å². The molecule has 6 heteroatoms. The number of nitrogens with zero attached hydrogens (tertiary/aromatic N) is 4. The lowest BCUT2D eigenvalue weighted by Gasteiger charge is -2.23. The average molecular weight is 235 g/mol. The number of rotatable bonds is 2. The van der Waals surface area contributed by atoms with E-state index < -0.39 is 0 Å². The molecule has 0 saturated carbocycles. The standard InChI is InChI=1S/C11H17N5O/c1-15(2)11-13-5-4-8(14-11)10-7(12)6-9(17)16(10)3/h4-5,7,10H,6,12H2,1-3H3. The number of hydrogen-bond acceptors (Lipinski definition) is 5. The van der Waals surface area contributed by atoms with Gasteiger partial charge < -0.3 is 15.5 Å². The molecule has 0 aliphatic carbocycles. The van der Waals surface area contributed by atoms with E-state index in [1.165, 1.54) is 0 Å². The van der Waals surface area contributed by atoms with Gasteiger partial charge in [-0.25, -0.2) is 9.97 Å². The van der Waals surface area contributed by atoms with Gasteiger partial charge >= 0.3 is 0 Å². The van der Waals surface area contributed by atoms with Gasteiger partial charge in [0.2, 0.25) is 11.9 Å². The first kappa shape index (κ1) is 11.8. The Hall–Kier alpha value is -1.69. The zero-order valence-electron chi connectivity index (χ0n) is 10.3. The van der Waals surface area contributed by atoms with Crippen molar-refractivity contribution in [3.8, 4) is 0 Å². The van der Waals surface area contributed by atoms with Crippen LogP contribution in [-0.4, -0.2) is 48.0 Å². The molecule has 1 saturated heterocycles. The highest BCUT2D eigenvalue weighted by Gasteiger charge is 2.37. The predicted octanol–water partition coefficient (Wildman–Crippen LogP) is -0.227. The van der Waals surface area contributed by atoms with E-state index in [0.717, 1.165) is 5.69 Å². The first-order chi connectivity index (χ1) is 8.00. The van der Waals surface area contributed by atoms with Crippen LogP contribution in [0.2, 0.25) is 0 Å². The fraction of sp³-hybridized carbons (Fsp3) is 0.545. The number of hydrogen-bond donors (Lipinski definition) is 1. The van der Waals surface area contributed by atoms with Crippen LogP contribution in [0.25, 0.3) is 0 Å². The average Bonchev–Trinajstić information content (AvgIpc) is 2.53. The second-order valence-electron chi connectivity index (χ2n) is 4.49. The third kappa shape index (κ3) is 2.08. The molecule has 17 heavy (non-hydrogen) atoms. The Bertz CT molecular complexity index is 434. The Morgan fingerprint density at radius 2 is 2.24 bits per heavy atom. The van der Waals surface area contributed by atoms with Crippen LogP contribution in [0.5, 0.6) is 0 Å². The molecule has 2 unspecified atom stereocenters. The highest BCUT2D eigenvalue weighted by atomic mass is 16.2. The van der Waals surface area contributed by atoms with Crippen molar-refractivity contribution >= 4 is 11.9 Å². The first-order valence-corrected chi connectivity index (χ1v) is 5.52. The van der Waals surface area contributed by atoms with E-state index >= 15 is 0 Å². The number of likely N-dealkylation sites (N-methyl/N-ethyl adjacent to an activating group) is 1. The zero-order chi connectivity index (χ0) is 12.6. The number of nitrogens with two attached hydrogens (primary N) is 1. The molecule has 1 aliphatic rings. The van der Waals surface area contributed by atoms with Crippen LogP contribution in [0.1, 0.15) is 18.2 Å². The van der Waals surface area contributed by atoms with E-state index in [1.54, 1.807) is 18.1 Å². The van der Waals surface area contributed by atoms with E-state index in [0.29, 0.717) is 12.4 Å². The lowest BCUT2D eigenvalue weighted by Crippen LogP contribution is -2.31.